The molecule has 0 atom stereocenters. The Bertz CT molecular complexity index is 751. The number of hydrogen-bond acceptors (Lipinski definition) is 3. The Morgan fingerprint density at radius 3 is 2.50 bits per heavy atom. The van der Waals surface area contributed by atoms with Crippen LogP contribution in [0.4, 0.5) is 4.39 Å². The molecule has 1 aromatic carbocycles. The zero-order valence-electron chi connectivity index (χ0n) is 10.9. The summed E-state index contributed by atoms with van der Waals surface area (Å²) < 4.78 is 38.4. The van der Waals surface area contributed by atoms with Gasteiger partial charge in [-0.05, 0) is 37.6 Å². The third-order valence-corrected chi connectivity index (χ3v) is 4.47. The maximum Gasteiger partial charge on any atom is 0.241 e. The molecule has 108 valence electrons. The van der Waals surface area contributed by atoms with Crippen molar-refractivity contribution in [3.05, 3.63) is 45.4 Å². The van der Waals surface area contributed by atoms with E-state index in [1.807, 2.05) is 0 Å². The number of hydrogen-bond donors (Lipinski definition) is 1. The van der Waals surface area contributed by atoms with Gasteiger partial charge in [0, 0.05) is 4.47 Å². The van der Waals surface area contributed by atoms with Crippen molar-refractivity contribution >= 4 is 26.0 Å². The Morgan fingerprint density at radius 1 is 1.35 bits per heavy atom. The van der Waals surface area contributed by atoms with Gasteiger partial charge in [0.15, 0.2) is 0 Å². The highest BCUT2D eigenvalue weighted by atomic mass is 79.9. The summed E-state index contributed by atoms with van der Waals surface area (Å²) in [6.07, 6.45) is 0. The lowest BCUT2D eigenvalue weighted by atomic mass is 10.2. The van der Waals surface area contributed by atoms with Gasteiger partial charge in [0.2, 0.25) is 10.0 Å². The smallest absolute Gasteiger partial charge is 0.241 e. The molecule has 0 saturated heterocycles. The first-order valence-electron chi connectivity index (χ1n) is 5.70. The van der Waals surface area contributed by atoms with Crippen LogP contribution in [-0.4, -0.2) is 18.2 Å². The van der Waals surface area contributed by atoms with E-state index in [2.05, 4.69) is 21.0 Å². The molecule has 1 aromatic heterocycles. The van der Waals surface area contributed by atoms with E-state index in [0.29, 0.717) is 21.4 Å². The summed E-state index contributed by atoms with van der Waals surface area (Å²) in [6, 6.07) is 4.47. The average molecular weight is 362 g/mol. The van der Waals surface area contributed by atoms with E-state index >= 15 is 0 Å². The van der Waals surface area contributed by atoms with Crippen LogP contribution in [0, 0.1) is 19.7 Å². The minimum atomic E-state index is -3.82. The molecule has 5 nitrogen and oxygen atoms in total. The van der Waals surface area contributed by atoms with Gasteiger partial charge < -0.3 is 0 Å². The second kappa shape index (κ2) is 5.27. The number of aryl methyl sites for hydroxylation is 1. The highest BCUT2D eigenvalue weighted by Crippen LogP contribution is 2.20. The molecule has 2 aromatic rings. The largest absolute Gasteiger partial charge is 0.264 e. The normalized spacial score (nSPS) is 11.8. The maximum atomic E-state index is 13.3. The molecule has 0 aliphatic rings. The van der Waals surface area contributed by atoms with E-state index in [1.54, 1.807) is 19.9 Å². The van der Waals surface area contributed by atoms with Gasteiger partial charge >= 0.3 is 0 Å². The lowest BCUT2D eigenvalue weighted by Gasteiger charge is -2.06. The first-order chi connectivity index (χ1) is 9.18. The van der Waals surface area contributed by atoms with Crippen LogP contribution in [0.1, 0.15) is 17.0 Å². The van der Waals surface area contributed by atoms with E-state index in [0.717, 1.165) is 0 Å². The third kappa shape index (κ3) is 3.08. The van der Waals surface area contributed by atoms with Crippen LogP contribution in [0.5, 0.6) is 0 Å². The Kier molecular flexibility index (Phi) is 3.99. The SMILES string of the molecule is Cc1nn(Cc2cc(F)cc(Br)c2)c(C)c1S(N)(=O)=O. The molecule has 0 unspecified atom stereocenters. The molecular weight excluding hydrogens is 349 g/mol. The number of sulfonamides is 1. The fourth-order valence-corrected chi connectivity index (χ4v) is 3.60. The quantitative estimate of drug-likeness (QED) is 0.908. The van der Waals surface area contributed by atoms with Gasteiger partial charge in [-0.3, -0.25) is 4.68 Å². The van der Waals surface area contributed by atoms with Gasteiger partial charge in [-0.15, -0.1) is 0 Å². The van der Waals surface area contributed by atoms with Crippen molar-refractivity contribution in [1.82, 2.24) is 9.78 Å². The first-order valence-corrected chi connectivity index (χ1v) is 8.04. The van der Waals surface area contributed by atoms with Crippen molar-refractivity contribution in [1.29, 1.82) is 0 Å². The Labute approximate surface area is 124 Å². The molecule has 0 aliphatic carbocycles. The fraction of sp³-hybridized carbons (Fsp3) is 0.250. The molecule has 0 radical (unpaired) electrons. The average Bonchev–Trinajstić information content (AvgIpc) is 2.51. The van der Waals surface area contributed by atoms with E-state index in [1.165, 1.54) is 16.8 Å². The van der Waals surface area contributed by atoms with Crippen LogP contribution in [-0.2, 0) is 16.6 Å². The monoisotopic (exact) mass is 361 g/mol. The van der Waals surface area contributed by atoms with Crippen LogP contribution in [0.2, 0.25) is 0 Å². The number of primary sulfonamides is 1. The standard InChI is InChI=1S/C12H13BrFN3O2S/c1-7-12(20(15,18)19)8(2)17(16-7)6-9-3-10(13)5-11(14)4-9/h3-5H,6H2,1-2H3,(H2,15,18,19). The zero-order valence-corrected chi connectivity index (χ0v) is 13.3. The molecule has 8 heteroatoms. The predicted octanol–water partition coefficient (Wildman–Crippen LogP) is 2.10. The van der Waals surface area contributed by atoms with Gasteiger partial charge in [0.1, 0.15) is 10.7 Å². The van der Waals surface area contributed by atoms with Gasteiger partial charge in [0.05, 0.1) is 17.9 Å². The van der Waals surface area contributed by atoms with Crippen LogP contribution < -0.4 is 5.14 Å². The summed E-state index contributed by atoms with van der Waals surface area (Å²) in [7, 11) is -3.82. The second-order valence-electron chi connectivity index (χ2n) is 4.48. The van der Waals surface area contributed by atoms with Crippen molar-refractivity contribution in [2.75, 3.05) is 0 Å². The second-order valence-corrected chi connectivity index (χ2v) is 6.89. The van der Waals surface area contributed by atoms with Crippen molar-refractivity contribution in [3.8, 4) is 0 Å². The molecule has 2 rings (SSSR count). The number of rotatable bonds is 3. The van der Waals surface area contributed by atoms with Crippen molar-refractivity contribution in [3.63, 3.8) is 0 Å². The highest BCUT2D eigenvalue weighted by Gasteiger charge is 2.21. The molecule has 1 heterocycles. The molecule has 0 amide bonds. The van der Waals surface area contributed by atoms with Crippen LogP contribution in [0.3, 0.4) is 0 Å². The van der Waals surface area contributed by atoms with Crippen molar-refractivity contribution < 1.29 is 12.8 Å². The van der Waals surface area contributed by atoms with Crippen LogP contribution in [0.25, 0.3) is 0 Å². The molecule has 0 bridgehead atoms. The fourth-order valence-electron chi connectivity index (χ4n) is 2.12. The third-order valence-electron chi connectivity index (χ3n) is 2.85. The molecule has 0 spiro atoms. The Hall–Kier alpha value is -1.25. The molecule has 20 heavy (non-hydrogen) atoms. The highest BCUT2D eigenvalue weighted by molar-refractivity contribution is 9.10. The summed E-state index contributed by atoms with van der Waals surface area (Å²) in [4.78, 5) is 0.0213. The number of benzene rings is 1. The van der Waals surface area contributed by atoms with Crippen LogP contribution >= 0.6 is 15.9 Å². The van der Waals surface area contributed by atoms with Gasteiger partial charge in [-0.25, -0.2) is 17.9 Å². The minimum Gasteiger partial charge on any atom is -0.264 e. The first kappa shape index (κ1) is 15.1. The number of nitrogens with zero attached hydrogens (tertiary/aromatic N) is 2. The van der Waals surface area contributed by atoms with Crippen molar-refractivity contribution in [2.45, 2.75) is 25.3 Å². The van der Waals surface area contributed by atoms with E-state index in [9.17, 15) is 12.8 Å². The molecular formula is C12H13BrFN3O2S. The summed E-state index contributed by atoms with van der Waals surface area (Å²) in [6.45, 7) is 3.46. The Balaban J connectivity index is 2.45. The number of nitrogens with two attached hydrogens (primary N) is 1. The lowest BCUT2D eigenvalue weighted by Crippen LogP contribution is -2.14. The summed E-state index contributed by atoms with van der Waals surface area (Å²) in [5.74, 6) is -0.373. The maximum absolute atomic E-state index is 13.3. The molecule has 0 saturated carbocycles. The molecule has 0 aliphatic heterocycles. The molecule has 2 N–H and O–H groups in total. The van der Waals surface area contributed by atoms with Gasteiger partial charge in [-0.2, -0.15) is 5.10 Å². The van der Waals surface area contributed by atoms with E-state index in [4.69, 9.17) is 5.14 Å². The number of halogens is 2. The summed E-state index contributed by atoms with van der Waals surface area (Å²) >= 11 is 3.21. The summed E-state index contributed by atoms with van der Waals surface area (Å²) in [5.41, 5.74) is 1.44. The topological polar surface area (TPSA) is 78.0 Å². The predicted molar refractivity (Wildman–Crippen MR) is 76.3 cm³/mol. The zero-order chi connectivity index (χ0) is 15.1. The summed E-state index contributed by atoms with van der Waals surface area (Å²) in [5, 5.41) is 9.32. The lowest BCUT2D eigenvalue weighted by molar-refractivity contribution is 0.595. The molecule has 0 fully saturated rings. The minimum absolute atomic E-state index is 0.0213. The van der Waals surface area contributed by atoms with Gasteiger partial charge in [0.25, 0.3) is 0 Å². The number of aromatic nitrogens is 2. The van der Waals surface area contributed by atoms with Crippen molar-refractivity contribution in [2.24, 2.45) is 5.14 Å². The van der Waals surface area contributed by atoms with Gasteiger partial charge in [-0.1, -0.05) is 15.9 Å². The Morgan fingerprint density at radius 2 is 2.00 bits per heavy atom. The van der Waals surface area contributed by atoms with Crippen LogP contribution in [0.15, 0.2) is 27.6 Å². The van der Waals surface area contributed by atoms with E-state index in [-0.39, 0.29) is 17.3 Å². The van der Waals surface area contributed by atoms with E-state index < -0.39 is 10.0 Å².